The molecule has 0 bridgehead atoms. The predicted molar refractivity (Wildman–Crippen MR) is 85.6 cm³/mol. The van der Waals surface area contributed by atoms with Crippen LogP contribution in [0.1, 0.15) is 46.0 Å². The molecule has 20 heavy (non-hydrogen) atoms. The SMILES string of the molecule is [2H]C([2H])=C1c2cc(Br)ccc2C[C@]12CC[C@@H](OC)C1(CC1)C2. The lowest BCUT2D eigenvalue weighted by atomic mass is 9.63. The largest absolute Gasteiger partial charge is 0.381 e. The number of methoxy groups -OCH3 is 1. The van der Waals surface area contributed by atoms with Crippen molar-refractivity contribution in [1.82, 2.24) is 0 Å². The molecule has 4 rings (SSSR count). The summed E-state index contributed by atoms with van der Waals surface area (Å²) >= 11 is 3.54. The average Bonchev–Trinajstić information content (AvgIpc) is 3.14. The minimum atomic E-state index is -0.00646. The molecule has 1 aromatic carbocycles. The Morgan fingerprint density at radius 3 is 2.95 bits per heavy atom. The molecule has 0 amide bonds. The van der Waals surface area contributed by atoms with Crippen LogP contribution in [0.3, 0.4) is 0 Å². The topological polar surface area (TPSA) is 9.23 Å². The second-order valence-corrected chi connectivity index (χ2v) is 7.85. The van der Waals surface area contributed by atoms with Gasteiger partial charge in [0.25, 0.3) is 0 Å². The fraction of sp³-hybridized carbons (Fsp3) is 0.556. The Balaban J connectivity index is 1.79. The molecule has 0 heterocycles. The normalized spacial score (nSPS) is 34.9. The second kappa shape index (κ2) is 4.20. The van der Waals surface area contributed by atoms with E-state index in [2.05, 4.69) is 34.1 Å². The van der Waals surface area contributed by atoms with Crippen LogP contribution in [-0.2, 0) is 11.2 Å². The van der Waals surface area contributed by atoms with E-state index < -0.39 is 0 Å². The zero-order valence-corrected chi connectivity index (χ0v) is 13.4. The van der Waals surface area contributed by atoms with Gasteiger partial charge in [-0.15, -0.1) is 0 Å². The zero-order chi connectivity index (χ0) is 15.5. The zero-order valence-electron chi connectivity index (χ0n) is 13.8. The van der Waals surface area contributed by atoms with Crippen molar-refractivity contribution >= 4 is 21.5 Å². The molecule has 2 atom stereocenters. The van der Waals surface area contributed by atoms with Crippen molar-refractivity contribution in [2.24, 2.45) is 10.8 Å². The van der Waals surface area contributed by atoms with Crippen molar-refractivity contribution < 1.29 is 7.48 Å². The Bertz CT molecular complexity index is 661. The lowest BCUT2D eigenvalue weighted by molar-refractivity contribution is -0.0181. The number of hydrogen-bond acceptors (Lipinski definition) is 1. The number of halogens is 1. The van der Waals surface area contributed by atoms with E-state index in [0.29, 0.717) is 11.5 Å². The maximum absolute atomic E-state index is 8.08. The van der Waals surface area contributed by atoms with Crippen molar-refractivity contribution in [1.29, 1.82) is 0 Å². The van der Waals surface area contributed by atoms with Crippen LogP contribution >= 0.6 is 15.9 Å². The molecule has 1 nitrogen and oxygen atoms in total. The predicted octanol–water partition coefficient (Wildman–Crippen LogP) is 4.98. The summed E-state index contributed by atoms with van der Waals surface area (Å²) in [6.07, 6.45) is 7.03. The molecule has 0 radical (unpaired) electrons. The fourth-order valence-electron chi connectivity index (χ4n) is 4.66. The summed E-state index contributed by atoms with van der Waals surface area (Å²) in [5.74, 6) is 0. The van der Waals surface area contributed by atoms with E-state index in [1.807, 2.05) is 7.11 Å². The number of allylic oxidation sites excluding steroid dienone is 1. The molecule has 2 fully saturated rings. The molecule has 0 N–H and O–H groups in total. The molecular weight excluding hydrogens is 312 g/mol. The van der Waals surface area contributed by atoms with Gasteiger partial charge in [-0.3, -0.25) is 0 Å². The summed E-state index contributed by atoms with van der Waals surface area (Å²) in [5.41, 5.74) is 3.72. The fourth-order valence-corrected chi connectivity index (χ4v) is 5.02. The van der Waals surface area contributed by atoms with Gasteiger partial charge in [0.1, 0.15) is 0 Å². The first kappa shape index (κ1) is 11.0. The second-order valence-electron chi connectivity index (χ2n) is 6.94. The number of ether oxygens (including phenoxy) is 1. The van der Waals surface area contributed by atoms with Gasteiger partial charge in [0.15, 0.2) is 0 Å². The first-order valence-electron chi connectivity index (χ1n) is 8.49. The van der Waals surface area contributed by atoms with Gasteiger partial charge in [-0.25, -0.2) is 0 Å². The van der Waals surface area contributed by atoms with E-state index >= 15 is 0 Å². The smallest absolute Gasteiger partial charge is 0.0628 e. The van der Waals surface area contributed by atoms with Gasteiger partial charge in [0.2, 0.25) is 0 Å². The van der Waals surface area contributed by atoms with E-state index in [9.17, 15) is 0 Å². The van der Waals surface area contributed by atoms with Gasteiger partial charge < -0.3 is 4.74 Å². The Morgan fingerprint density at radius 1 is 1.40 bits per heavy atom. The highest BCUT2D eigenvalue weighted by molar-refractivity contribution is 9.10. The number of rotatable bonds is 1. The highest BCUT2D eigenvalue weighted by Crippen LogP contribution is 2.66. The molecule has 0 unspecified atom stereocenters. The first-order valence-corrected chi connectivity index (χ1v) is 8.29. The van der Waals surface area contributed by atoms with Crippen LogP contribution in [0.4, 0.5) is 0 Å². The lowest BCUT2D eigenvalue weighted by Crippen LogP contribution is -2.39. The number of benzene rings is 1. The summed E-state index contributed by atoms with van der Waals surface area (Å²) in [6, 6.07) is 6.35. The third-order valence-corrected chi connectivity index (χ3v) is 6.33. The van der Waals surface area contributed by atoms with Crippen LogP contribution < -0.4 is 0 Å². The monoisotopic (exact) mass is 334 g/mol. The third-order valence-electron chi connectivity index (χ3n) is 5.84. The van der Waals surface area contributed by atoms with Crippen LogP contribution in [-0.4, -0.2) is 13.2 Å². The van der Waals surface area contributed by atoms with Crippen LogP contribution in [0, 0.1) is 10.8 Å². The van der Waals surface area contributed by atoms with Gasteiger partial charge in [0, 0.05) is 17.0 Å². The molecule has 1 aromatic rings. The summed E-state index contributed by atoms with van der Waals surface area (Å²) < 4.78 is 22.9. The van der Waals surface area contributed by atoms with Crippen LogP contribution in [0.15, 0.2) is 29.2 Å². The molecular formula is C18H21BrO. The van der Waals surface area contributed by atoms with E-state index in [1.54, 1.807) is 0 Å². The Morgan fingerprint density at radius 2 is 2.25 bits per heavy atom. The number of hydrogen-bond donors (Lipinski definition) is 0. The summed E-state index contributed by atoms with van der Waals surface area (Å²) in [5, 5.41) is 0. The molecule has 0 aromatic heterocycles. The molecule has 3 aliphatic carbocycles. The highest BCUT2D eigenvalue weighted by atomic mass is 79.9. The van der Waals surface area contributed by atoms with Gasteiger partial charge in [-0.1, -0.05) is 28.5 Å². The Labute approximate surface area is 132 Å². The first-order chi connectivity index (χ1) is 10.5. The minimum Gasteiger partial charge on any atom is -0.381 e. The van der Waals surface area contributed by atoms with E-state index in [4.69, 9.17) is 7.48 Å². The van der Waals surface area contributed by atoms with Gasteiger partial charge in [0.05, 0.1) is 8.85 Å². The molecule has 2 heteroatoms. The molecule has 2 saturated carbocycles. The maximum Gasteiger partial charge on any atom is 0.0628 e. The Hall–Kier alpha value is -0.600. The van der Waals surface area contributed by atoms with Crippen molar-refractivity contribution in [2.75, 3.05) is 7.11 Å². The summed E-state index contributed by atoms with van der Waals surface area (Å²) in [6.45, 7) is 0.00326. The third kappa shape index (κ3) is 1.70. The van der Waals surface area contributed by atoms with Gasteiger partial charge in [-0.05, 0) is 72.8 Å². The van der Waals surface area contributed by atoms with Crippen LogP contribution in [0.2, 0.25) is 0 Å². The minimum absolute atomic E-state index is 0.00326. The molecule has 3 aliphatic rings. The quantitative estimate of drug-likeness (QED) is 0.703. The molecule has 0 aliphatic heterocycles. The van der Waals surface area contributed by atoms with Crippen molar-refractivity contribution in [3.63, 3.8) is 0 Å². The van der Waals surface area contributed by atoms with Crippen molar-refractivity contribution in [2.45, 2.75) is 44.6 Å². The van der Waals surface area contributed by atoms with Crippen LogP contribution in [0.5, 0.6) is 0 Å². The van der Waals surface area contributed by atoms with Gasteiger partial charge >= 0.3 is 0 Å². The lowest BCUT2D eigenvalue weighted by Gasteiger charge is -2.43. The highest BCUT2D eigenvalue weighted by Gasteiger charge is 2.59. The summed E-state index contributed by atoms with van der Waals surface area (Å²) in [4.78, 5) is 0. The molecule has 106 valence electrons. The summed E-state index contributed by atoms with van der Waals surface area (Å²) in [7, 11) is 1.83. The molecule has 2 spiro atoms. The standard InChI is InChI=1S/C18H21BrO/c1-12-15-9-14(19)4-3-13(15)10-18(12)6-5-16(20-2)17(11-18)7-8-17/h3-4,9,16H,1,5-8,10-11H2,2H3/t16-,18+/m1/s1/i1D2. The van der Waals surface area contributed by atoms with Crippen molar-refractivity contribution in [3.05, 3.63) is 40.3 Å². The van der Waals surface area contributed by atoms with E-state index in [1.165, 1.54) is 18.4 Å². The average molecular weight is 335 g/mol. The van der Waals surface area contributed by atoms with Crippen molar-refractivity contribution in [3.8, 4) is 0 Å². The van der Waals surface area contributed by atoms with Crippen LogP contribution in [0.25, 0.3) is 5.57 Å². The van der Waals surface area contributed by atoms with Gasteiger partial charge in [-0.2, -0.15) is 0 Å². The van der Waals surface area contributed by atoms with E-state index in [-0.39, 0.29) is 11.9 Å². The maximum atomic E-state index is 8.08. The molecule has 0 saturated heterocycles. The Kier molecular flexibility index (Phi) is 2.32. The number of fused-ring (bicyclic) bond motifs is 1. The van der Waals surface area contributed by atoms with E-state index in [0.717, 1.165) is 41.3 Å².